The van der Waals surface area contributed by atoms with Crippen molar-refractivity contribution in [3.63, 3.8) is 0 Å². The summed E-state index contributed by atoms with van der Waals surface area (Å²) in [7, 11) is 0. The SMILES string of the molecule is O=C(C=Cc1nnsc1N1CCC(Cc2ccccc2)CC1)c1ccc2ccccc2c1. The van der Waals surface area contributed by atoms with Gasteiger partial charge in [0.2, 0.25) is 0 Å². The van der Waals surface area contributed by atoms with Crippen LogP contribution in [-0.2, 0) is 6.42 Å². The zero-order chi connectivity index (χ0) is 21.8. The van der Waals surface area contributed by atoms with Crippen LogP contribution in [0, 0.1) is 5.92 Å². The summed E-state index contributed by atoms with van der Waals surface area (Å²) in [5.41, 5.74) is 2.89. The molecule has 1 saturated heterocycles. The Labute approximate surface area is 192 Å². The van der Waals surface area contributed by atoms with Crippen molar-refractivity contribution in [2.24, 2.45) is 5.92 Å². The van der Waals surface area contributed by atoms with E-state index >= 15 is 0 Å². The molecule has 160 valence electrons. The van der Waals surface area contributed by atoms with Crippen LogP contribution in [0.1, 0.15) is 34.5 Å². The van der Waals surface area contributed by atoms with Crippen molar-refractivity contribution in [3.05, 3.63) is 95.7 Å². The molecule has 32 heavy (non-hydrogen) atoms. The summed E-state index contributed by atoms with van der Waals surface area (Å²) in [6.07, 6.45) is 6.89. The lowest BCUT2D eigenvalue weighted by molar-refractivity contribution is 0.104. The Morgan fingerprint density at radius 2 is 1.72 bits per heavy atom. The summed E-state index contributed by atoms with van der Waals surface area (Å²) in [6.45, 7) is 2.00. The summed E-state index contributed by atoms with van der Waals surface area (Å²) >= 11 is 1.41. The third-order valence-electron chi connectivity index (χ3n) is 6.19. The number of carbonyl (C=O) groups excluding carboxylic acids is 1. The number of nitrogens with zero attached hydrogens (tertiary/aromatic N) is 3. The zero-order valence-electron chi connectivity index (χ0n) is 17.9. The van der Waals surface area contributed by atoms with E-state index in [2.05, 4.69) is 50.9 Å². The fourth-order valence-corrected chi connectivity index (χ4v) is 5.10. The topological polar surface area (TPSA) is 46.1 Å². The number of carbonyl (C=O) groups is 1. The Bertz CT molecular complexity index is 1240. The molecule has 0 N–H and O–H groups in total. The second-order valence-electron chi connectivity index (χ2n) is 8.34. The van der Waals surface area contributed by atoms with E-state index in [9.17, 15) is 4.79 Å². The Morgan fingerprint density at radius 3 is 2.53 bits per heavy atom. The molecule has 5 heteroatoms. The van der Waals surface area contributed by atoms with Crippen LogP contribution >= 0.6 is 11.5 Å². The molecule has 0 aliphatic carbocycles. The van der Waals surface area contributed by atoms with Gasteiger partial charge in [0.05, 0.1) is 0 Å². The standard InChI is InChI=1S/C27H25N3OS/c31-26(24-11-10-22-8-4-5-9-23(22)19-24)13-12-25-27(32-29-28-25)30-16-14-21(15-17-30)18-20-6-2-1-3-7-20/h1-13,19,21H,14-18H2. The van der Waals surface area contributed by atoms with Gasteiger partial charge in [0.25, 0.3) is 0 Å². The van der Waals surface area contributed by atoms with Gasteiger partial charge in [0, 0.05) is 30.2 Å². The first kappa shape index (κ1) is 20.6. The summed E-state index contributed by atoms with van der Waals surface area (Å²) in [5.74, 6) is 0.694. The van der Waals surface area contributed by atoms with E-state index < -0.39 is 0 Å². The van der Waals surface area contributed by atoms with E-state index in [0.717, 1.165) is 53.8 Å². The molecule has 0 atom stereocenters. The molecule has 4 aromatic rings. The molecule has 1 aromatic heterocycles. The molecule has 1 fully saturated rings. The van der Waals surface area contributed by atoms with Gasteiger partial charge in [-0.05, 0) is 59.7 Å². The Balaban J connectivity index is 1.23. The zero-order valence-corrected chi connectivity index (χ0v) is 18.7. The third-order valence-corrected chi connectivity index (χ3v) is 6.99. The smallest absolute Gasteiger partial charge is 0.185 e. The van der Waals surface area contributed by atoms with Crippen molar-refractivity contribution in [2.75, 3.05) is 18.0 Å². The normalized spacial score (nSPS) is 14.9. The number of rotatable bonds is 6. The monoisotopic (exact) mass is 439 g/mol. The van der Waals surface area contributed by atoms with Gasteiger partial charge in [-0.3, -0.25) is 4.79 Å². The third kappa shape index (κ3) is 4.63. The van der Waals surface area contributed by atoms with Gasteiger partial charge in [0.15, 0.2) is 5.78 Å². The van der Waals surface area contributed by atoms with Gasteiger partial charge in [-0.2, -0.15) is 0 Å². The van der Waals surface area contributed by atoms with E-state index in [0.29, 0.717) is 11.5 Å². The molecule has 1 aliphatic heterocycles. The number of hydrogen-bond acceptors (Lipinski definition) is 5. The minimum atomic E-state index is -0.0173. The summed E-state index contributed by atoms with van der Waals surface area (Å²) in [4.78, 5) is 15.1. The van der Waals surface area contributed by atoms with Gasteiger partial charge in [-0.25, -0.2) is 0 Å². The van der Waals surface area contributed by atoms with Crippen LogP contribution in [0.3, 0.4) is 0 Å². The fraction of sp³-hybridized carbons (Fsp3) is 0.222. The van der Waals surface area contributed by atoms with Crippen LogP contribution in [0.25, 0.3) is 16.8 Å². The molecule has 3 aromatic carbocycles. The first-order valence-electron chi connectivity index (χ1n) is 11.1. The van der Waals surface area contributed by atoms with Gasteiger partial charge in [-0.15, -0.1) is 5.10 Å². The summed E-state index contributed by atoms with van der Waals surface area (Å²) in [6, 6.07) is 24.6. The number of benzene rings is 3. The average Bonchev–Trinajstić information content (AvgIpc) is 3.32. The second kappa shape index (κ2) is 9.45. The highest BCUT2D eigenvalue weighted by atomic mass is 32.1. The molecule has 0 amide bonds. The minimum Gasteiger partial charge on any atom is -0.360 e. The van der Waals surface area contributed by atoms with Crippen molar-refractivity contribution in [2.45, 2.75) is 19.3 Å². The molecule has 0 radical (unpaired) electrons. The first-order valence-corrected chi connectivity index (χ1v) is 11.9. The van der Waals surface area contributed by atoms with Gasteiger partial charge in [-0.1, -0.05) is 71.2 Å². The highest BCUT2D eigenvalue weighted by Gasteiger charge is 2.23. The van der Waals surface area contributed by atoms with Gasteiger partial charge >= 0.3 is 0 Å². The predicted molar refractivity (Wildman–Crippen MR) is 132 cm³/mol. The lowest BCUT2D eigenvalue weighted by Crippen LogP contribution is -2.34. The molecular formula is C27H25N3OS. The summed E-state index contributed by atoms with van der Waals surface area (Å²) in [5, 5.41) is 7.55. The molecule has 0 bridgehead atoms. The molecule has 5 rings (SSSR count). The van der Waals surface area contributed by atoms with Crippen molar-refractivity contribution in [3.8, 4) is 0 Å². The number of piperidine rings is 1. The Hall–Kier alpha value is -3.31. The van der Waals surface area contributed by atoms with E-state index in [4.69, 9.17) is 0 Å². The molecule has 2 heterocycles. The molecule has 0 saturated carbocycles. The van der Waals surface area contributed by atoms with E-state index in [1.54, 1.807) is 6.08 Å². The average molecular weight is 440 g/mol. The van der Waals surface area contributed by atoms with Gasteiger partial charge in [0.1, 0.15) is 10.7 Å². The second-order valence-corrected chi connectivity index (χ2v) is 9.08. The number of allylic oxidation sites excluding steroid dienone is 1. The predicted octanol–water partition coefficient (Wildman–Crippen LogP) is 6.05. The Kier molecular flexibility index (Phi) is 6.08. The maximum Gasteiger partial charge on any atom is 0.185 e. The minimum absolute atomic E-state index is 0.0173. The fourth-order valence-electron chi connectivity index (χ4n) is 4.40. The van der Waals surface area contributed by atoms with Crippen LogP contribution < -0.4 is 4.90 Å². The summed E-state index contributed by atoms with van der Waals surface area (Å²) < 4.78 is 4.16. The maximum atomic E-state index is 12.7. The van der Waals surface area contributed by atoms with E-state index in [1.165, 1.54) is 17.1 Å². The van der Waals surface area contributed by atoms with Crippen molar-refractivity contribution in [1.29, 1.82) is 0 Å². The number of ketones is 1. The molecule has 4 nitrogen and oxygen atoms in total. The maximum absolute atomic E-state index is 12.7. The van der Waals surface area contributed by atoms with Crippen LogP contribution in [0.2, 0.25) is 0 Å². The molecule has 1 aliphatic rings. The number of fused-ring (bicyclic) bond motifs is 1. The number of anilines is 1. The number of aromatic nitrogens is 2. The van der Waals surface area contributed by atoms with E-state index in [-0.39, 0.29) is 5.78 Å². The lowest BCUT2D eigenvalue weighted by atomic mass is 9.90. The lowest BCUT2D eigenvalue weighted by Gasteiger charge is -2.32. The van der Waals surface area contributed by atoms with Crippen LogP contribution in [0.4, 0.5) is 5.00 Å². The quantitative estimate of drug-likeness (QED) is 0.271. The van der Waals surface area contributed by atoms with Crippen molar-refractivity contribution >= 4 is 39.2 Å². The highest BCUT2D eigenvalue weighted by molar-refractivity contribution is 7.10. The molecular weight excluding hydrogens is 414 g/mol. The Morgan fingerprint density at radius 1 is 0.969 bits per heavy atom. The van der Waals surface area contributed by atoms with Crippen LogP contribution in [0.5, 0.6) is 0 Å². The highest BCUT2D eigenvalue weighted by Crippen LogP contribution is 2.30. The molecule has 0 unspecified atom stereocenters. The largest absolute Gasteiger partial charge is 0.360 e. The van der Waals surface area contributed by atoms with Gasteiger partial charge < -0.3 is 4.90 Å². The molecule has 0 spiro atoms. The van der Waals surface area contributed by atoms with Crippen molar-refractivity contribution in [1.82, 2.24) is 9.59 Å². The number of hydrogen-bond donors (Lipinski definition) is 0. The van der Waals surface area contributed by atoms with Crippen LogP contribution in [-0.4, -0.2) is 28.5 Å². The first-order chi connectivity index (χ1) is 15.8. The van der Waals surface area contributed by atoms with Crippen LogP contribution in [0.15, 0.2) is 78.9 Å². The van der Waals surface area contributed by atoms with Crippen molar-refractivity contribution < 1.29 is 4.79 Å². The van der Waals surface area contributed by atoms with E-state index in [1.807, 2.05) is 42.5 Å².